The van der Waals surface area contributed by atoms with Gasteiger partial charge < -0.3 is 9.52 Å². The molecule has 4 heteroatoms. The molecule has 0 fully saturated rings. The molecule has 0 unspecified atom stereocenters. The molecular formula is C15H18O3S. The summed E-state index contributed by atoms with van der Waals surface area (Å²) in [6, 6.07) is 3.69. The molecule has 19 heavy (non-hydrogen) atoms. The Bertz CT molecular complexity index is 671. The van der Waals surface area contributed by atoms with E-state index in [2.05, 4.69) is 0 Å². The number of aryl methyl sites for hydroxylation is 1. The van der Waals surface area contributed by atoms with E-state index in [0.29, 0.717) is 27.2 Å². The fourth-order valence-electron chi connectivity index (χ4n) is 2.13. The molecule has 0 saturated heterocycles. The number of aliphatic hydroxyl groups is 1. The maximum Gasteiger partial charge on any atom is 0.196 e. The van der Waals surface area contributed by atoms with E-state index in [0.717, 1.165) is 11.3 Å². The molecule has 0 aliphatic rings. The van der Waals surface area contributed by atoms with Crippen LogP contribution in [-0.4, -0.2) is 10.9 Å². The molecule has 0 saturated carbocycles. The van der Waals surface area contributed by atoms with Crippen molar-refractivity contribution >= 4 is 22.7 Å². The first kappa shape index (κ1) is 14.2. The highest BCUT2D eigenvalue weighted by Crippen LogP contribution is 2.29. The molecule has 0 aliphatic heterocycles. The van der Waals surface area contributed by atoms with Gasteiger partial charge in [0.2, 0.25) is 0 Å². The highest BCUT2D eigenvalue weighted by molar-refractivity contribution is 7.99. The third-order valence-corrected chi connectivity index (χ3v) is 4.01. The maximum atomic E-state index is 12.4. The summed E-state index contributed by atoms with van der Waals surface area (Å²) in [7, 11) is 0. The van der Waals surface area contributed by atoms with Crippen LogP contribution < -0.4 is 5.43 Å². The van der Waals surface area contributed by atoms with Crippen molar-refractivity contribution in [2.45, 2.75) is 38.9 Å². The van der Waals surface area contributed by atoms with Gasteiger partial charge in [-0.1, -0.05) is 18.7 Å². The van der Waals surface area contributed by atoms with Crippen LogP contribution in [0.1, 0.15) is 36.6 Å². The zero-order valence-corrected chi connectivity index (χ0v) is 12.4. The van der Waals surface area contributed by atoms with Gasteiger partial charge in [0, 0.05) is 11.1 Å². The van der Waals surface area contributed by atoms with Crippen molar-refractivity contribution in [2.24, 2.45) is 0 Å². The molecule has 2 aromatic rings. The van der Waals surface area contributed by atoms with Crippen LogP contribution in [0.2, 0.25) is 0 Å². The highest BCUT2D eigenvalue weighted by atomic mass is 32.2. The molecule has 0 aliphatic carbocycles. The summed E-state index contributed by atoms with van der Waals surface area (Å²) in [6.45, 7) is 7.39. The van der Waals surface area contributed by atoms with Gasteiger partial charge >= 0.3 is 0 Å². The predicted octanol–water partition coefficient (Wildman–Crippen LogP) is 3.58. The van der Waals surface area contributed by atoms with Crippen LogP contribution in [-0.2, 0) is 0 Å². The average molecular weight is 278 g/mol. The molecule has 1 atom stereocenters. The Kier molecular flexibility index (Phi) is 4.02. The van der Waals surface area contributed by atoms with Crippen LogP contribution in [0.5, 0.6) is 0 Å². The molecule has 0 spiro atoms. The van der Waals surface area contributed by atoms with E-state index >= 15 is 0 Å². The second kappa shape index (κ2) is 5.39. The van der Waals surface area contributed by atoms with Gasteiger partial charge in [-0.2, -0.15) is 0 Å². The average Bonchev–Trinajstić information content (AvgIpc) is 2.36. The number of hydrogen-bond acceptors (Lipinski definition) is 4. The number of rotatable bonds is 3. The van der Waals surface area contributed by atoms with Crippen molar-refractivity contribution in [2.75, 3.05) is 5.75 Å². The standard InChI is InChI=1S/C15H18O3S/c1-5-19-15-9(3)13(17)12-7-8(2)6-11(10(4)16)14(12)18-15/h6-7,10,16H,5H2,1-4H3/t10-/m1/s1. The van der Waals surface area contributed by atoms with E-state index in [4.69, 9.17) is 4.42 Å². The summed E-state index contributed by atoms with van der Waals surface area (Å²) in [5.74, 6) is 0.838. The molecule has 0 amide bonds. The van der Waals surface area contributed by atoms with E-state index in [1.54, 1.807) is 13.8 Å². The van der Waals surface area contributed by atoms with Crippen LogP contribution in [0.15, 0.2) is 26.4 Å². The molecular weight excluding hydrogens is 260 g/mol. The van der Waals surface area contributed by atoms with Gasteiger partial charge in [-0.3, -0.25) is 4.79 Å². The summed E-state index contributed by atoms with van der Waals surface area (Å²) < 4.78 is 5.86. The van der Waals surface area contributed by atoms with Gasteiger partial charge in [-0.15, -0.1) is 0 Å². The molecule has 1 heterocycles. The molecule has 0 bridgehead atoms. The van der Waals surface area contributed by atoms with E-state index in [1.165, 1.54) is 11.8 Å². The lowest BCUT2D eigenvalue weighted by molar-refractivity contribution is 0.199. The SMILES string of the molecule is CCSc1oc2c([C@@H](C)O)cc(C)cc2c(=O)c1C. The van der Waals surface area contributed by atoms with Gasteiger partial charge in [0.05, 0.1) is 11.5 Å². The second-order valence-corrected chi connectivity index (χ2v) is 5.92. The minimum Gasteiger partial charge on any atom is -0.449 e. The Hall–Kier alpha value is -1.26. The van der Waals surface area contributed by atoms with E-state index in [1.807, 2.05) is 26.0 Å². The number of fused-ring (bicyclic) bond motifs is 1. The predicted molar refractivity (Wildman–Crippen MR) is 79.0 cm³/mol. The zero-order valence-electron chi connectivity index (χ0n) is 11.6. The number of benzene rings is 1. The van der Waals surface area contributed by atoms with Crippen molar-refractivity contribution in [3.8, 4) is 0 Å². The number of thioether (sulfide) groups is 1. The first-order valence-electron chi connectivity index (χ1n) is 6.34. The zero-order chi connectivity index (χ0) is 14.2. The molecule has 3 nitrogen and oxygen atoms in total. The van der Waals surface area contributed by atoms with E-state index in [-0.39, 0.29) is 5.43 Å². The first-order chi connectivity index (χ1) is 8.95. The van der Waals surface area contributed by atoms with Crippen molar-refractivity contribution in [3.05, 3.63) is 39.0 Å². The molecule has 1 N–H and O–H groups in total. The van der Waals surface area contributed by atoms with Gasteiger partial charge in [0.25, 0.3) is 0 Å². The fraction of sp³-hybridized carbons (Fsp3) is 0.400. The smallest absolute Gasteiger partial charge is 0.196 e. The van der Waals surface area contributed by atoms with Crippen LogP contribution >= 0.6 is 11.8 Å². The third kappa shape index (κ3) is 2.55. The van der Waals surface area contributed by atoms with Crippen LogP contribution in [0.3, 0.4) is 0 Å². The lowest BCUT2D eigenvalue weighted by Gasteiger charge is -2.12. The molecule has 2 rings (SSSR count). The fourth-order valence-corrected chi connectivity index (χ4v) is 2.84. The second-order valence-electron chi connectivity index (χ2n) is 4.68. The van der Waals surface area contributed by atoms with Crippen LogP contribution in [0.4, 0.5) is 0 Å². The quantitative estimate of drug-likeness (QED) is 0.872. The minimum absolute atomic E-state index is 0.0113. The van der Waals surface area contributed by atoms with Crippen LogP contribution in [0.25, 0.3) is 11.0 Å². The monoisotopic (exact) mass is 278 g/mol. The highest BCUT2D eigenvalue weighted by Gasteiger charge is 2.16. The topological polar surface area (TPSA) is 50.4 Å². The molecule has 102 valence electrons. The summed E-state index contributed by atoms with van der Waals surface area (Å²) in [6.07, 6.45) is -0.660. The van der Waals surface area contributed by atoms with E-state index < -0.39 is 6.10 Å². The Labute approximate surface area is 116 Å². The molecule has 1 aromatic heterocycles. The molecule has 1 aromatic carbocycles. The maximum absolute atomic E-state index is 12.4. The first-order valence-corrected chi connectivity index (χ1v) is 7.33. The van der Waals surface area contributed by atoms with Crippen molar-refractivity contribution < 1.29 is 9.52 Å². The van der Waals surface area contributed by atoms with E-state index in [9.17, 15) is 9.90 Å². The van der Waals surface area contributed by atoms with Gasteiger partial charge in [0.1, 0.15) is 5.58 Å². The lowest BCUT2D eigenvalue weighted by atomic mass is 10.0. The van der Waals surface area contributed by atoms with Crippen LogP contribution in [0, 0.1) is 13.8 Å². The number of aliphatic hydroxyl groups excluding tert-OH is 1. The summed E-state index contributed by atoms with van der Waals surface area (Å²) in [4.78, 5) is 12.4. The third-order valence-electron chi connectivity index (χ3n) is 3.07. The normalized spacial score (nSPS) is 12.9. The summed E-state index contributed by atoms with van der Waals surface area (Å²) >= 11 is 1.51. The van der Waals surface area contributed by atoms with Gasteiger partial charge in [-0.25, -0.2) is 0 Å². The van der Waals surface area contributed by atoms with Gasteiger partial charge in [-0.05, 0) is 44.2 Å². The largest absolute Gasteiger partial charge is 0.449 e. The van der Waals surface area contributed by atoms with Gasteiger partial charge in [0.15, 0.2) is 10.5 Å². The Morgan fingerprint density at radius 1 is 1.37 bits per heavy atom. The lowest BCUT2D eigenvalue weighted by Crippen LogP contribution is -2.09. The number of hydrogen-bond donors (Lipinski definition) is 1. The van der Waals surface area contributed by atoms with Crippen molar-refractivity contribution in [1.29, 1.82) is 0 Å². The molecule has 0 radical (unpaired) electrons. The Morgan fingerprint density at radius 2 is 2.05 bits per heavy atom. The van der Waals surface area contributed by atoms with Crippen molar-refractivity contribution in [3.63, 3.8) is 0 Å². The minimum atomic E-state index is -0.660. The summed E-state index contributed by atoms with van der Waals surface area (Å²) in [5, 5.41) is 11.1. The summed E-state index contributed by atoms with van der Waals surface area (Å²) in [5.41, 5.74) is 2.76. The Balaban J connectivity index is 2.88. The van der Waals surface area contributed by atoms with Crippen molar-refractivity contribution in [1.82, 2.24) is 0 Å². The Morgan fingerprint density at radius 3 is 2.63 bits per heavy atom.